The van der Waals surface area contributed by atoms with Crippen LogP contribution in [-0.2, 0) is 4.79 Å². The van der Waals surface area contributed by atoms with Gasteiger partial charge in [-0.2, -0.15) is 0 Å². The fourth-order valence-electron chi connectivity index (χ4n) is 2.29. The van der Waals surface area contributed by atoms with Gasteiger partial charge in [0.25, 0.3) is 0 Å². The predicted molar refractivity (Wildman–Crippen MR) is 68.5 cm³/mol. The van der Waals surface area contributed by atoms with E-state index in [9.17, 15) is 4.79 Å². The van der Waals surface area contributed by atoms with Crippen molar-refractivity contribution in [2.45, 2.75) is 58.5 Å². The predicted octanol–water partition coefficient (Wildman–Crippen LogP) is 1.12. The summed E-state index contributed by atoms with van der Waals surface area (Å²) in [6, 6.07) is -0.281. The van der Waals surface area contributed by atoms with E-state index in [-0.39, 0.29) is 24.0 Å². The van der Waals surface area contributed by atoms with Gasteiger partial charge in [-0.1, -0.05) is 20.8 Å². The van der Waals surface area contributed by atoms with Gasteiger partial charge in [0.2, 0.25) is 5.91 Å². The molecule has 0 spiro atoms. The lowest BCUT2D eigenvalue weighted by molar-refractivity contribution is -0.139. The summed E-state index contributed by atoms with van der Waals surface area (Å²) in [5.41, 5.74) is 5.82. The summed E-state index contributed by atoms with van der Waals surface area (Å²) in [5, 5.41) is 9.05. The summed E-state index contributed by atoms with van der Waals surface area (Å²) in [6.07, 6.45) is 3.84. The van der Waals surface area contributed by atoms with Gasteiger partial charge in [-0.05, 0) is 31.1 Å². The zero-order valence-corrected chi connectivity index (χ0v) is 11.3. The van der Waals surface area contributed by atoms with Crippen molar-refractivity contribution in [1.82, 2.24) is 4.90 Å². The van der Waals surface area contributed by atoms with Crippen molar-refractivity contribution in [1.29, 1.82) is 0 Å². The maximum atomic E-state index is 12.3. The topological polar surface area (TPSA) is 66.6 Å². The third-order valence-electron chi connectivity index (χ3n) is 3.57. The SMILES string of the molecule is CC(C)(C)[C@H](N)C(=O)N1CCCCC1CCO. The maximum absolute atomic E-state index is 12.3. The quantitative estimate of drug-likeness (QED) is 0.779. The highest BCUT2D eigenvalue weighted by Crippen LogP contribution is 2.24. The lowest BCUT2D eigenvalue weighted by Crippen LogP contribution is -2.55. The Morgan fingerprint density at radius 3 is 2.65 bits per heavy atom. The molecule has 4 heteroatoms. The van der Waals surface area contributed by atoms with Crippen LogP contribution < -0.4 is 5.73 Å². The Balaban J connectivity index is 2.71. The first-order valence-corrected chi connectivity index (χ1v) is 6.55. The molecule has 1 rings (SSSR count). The van der Waals surface area contributed by atoms with Crippen LogP contribution in [0.2, 0.25) is 0 Å². The van der Waals surface area contributed by atoms with Gasteiger partial charge < -0.3 is 15.7 Å². The monoisotopic (exact) mass is 242 g/mol. The van der Waals surface area contributed by atoms with Gasteiger partial charge in [-0.25, -0.2) is 0 Å². The second kappa shape index (κ2) is 5.83. The number of amides is 1. The number of piperidine rings is 1. The van der Waals surface area contributed by atoms with E-state index in [4.69, 9.17) is 10.8 Å². The van der Waals surface area contributed by atoms with E-state index in [1.807, 2.05) is 25.7 Å². The van der Waals surface area contributed by atoms with Crippen molar-refractivity contribution >= 4 is 5.91 Å². The number of hydrogen-bond donors (Lipinski definition) is 2. The maximum Gasteiger partial charge on any atom is 0.240 e. The van der Waals surface area contributed by atoms with E-state index in [0.717, 1.165) is 25.8 Å². The summed E-state index contributed by atoms with van der Waals surface area (Å²) in [7, 11) is 0. The summed E-state index contributed by atoms with van der Waals surface area (Å²) in [5.74, 6) is 0.0376. The Morgan fingerprint density at radius 2 is 2.12 bits per heavy atom. The van der Waals surface area contributed by atoms with Gasteiger partial charge in [-0.15, -0.1) is 0 Å². The van der Waals surface area contributed by atoms with Crippen LogP contribution >= 0.6 is 0 Å². The van der Waals surface area contributed by atoms with Crippen molar-refractivity contribution in [3.63, 3.8) is 0 Å². The van der Waals surface area contributed by atoms with Crippen molar-refractivity contribution < 1.29 is 9.90 Å². The first-order chi connectivity index (χ1) is 7.88. The van der Waals surface area contributed by atoms with Crippen molar-refractivity contribution in [3.8, 4) is 0 Å². The molecule has 0 aromatic carbocycles. The van der Waals surface area contributed by atoms with Crippen LogP contribution in [0.25, 0.3) is 0 Å². The van der Waals surface area contributed by atoms with Crippen molar-refractivity contribution in [2.24, 2.45) is 11.1 Å². The van der Waals surface area contributed by atoms with Gasteiger partial charge in [-0.3, -0.25) is 4.79 Å². The van der Waals surface area contributed by atoms with Gasteiger partial charge in [0.1, 0.15) is 0 Å². The molecule has 0 saturated carbocycles. The lowest BCUT2D eigenvalue weighted by Gasteiger charge is -2.39. The van der Waals surface area contributed by atoms with Gasteiger partial charge >= 0.3 is 0 Å². The minimum Gasteiger partial charge on any atom is -0.396 e. The van der Waals surface area contributed by atoms with Gasteiger partial charge in [0.05, 0.1) is 6.04 Å². The van der Waals surface area contributed by atoms with Crippen LogP contribution in [0, 0.1) is 5.41 Å². The van der Waals surface area contributed by atoms with Gasteiger partial charge in [0.15, 0.2) is 0 Å². The fraction of sp³-hybridized carbons (Fsp3) is 0.923. The van der Waals surface area contributed by atoms with Crippen LogP contribution in [0.4, 0.5) is 0 Å². The summed E-state index contributed by atoms with van der Waals surface area (Å²) in [6.45, 7) is 6.88. The van der Waals surface area contributed by atoms with E-state index >= 15 is 0 Å². The number of carbonyl (C=O) groups is 1. The molecule has 17 heavy (non-hydrogen) atoms. The first kappa shape index (κ1) is 14.5. The van der Waals surface area contributed by atoms with Crippen molar-refractivity contribution in [3.05, 3.63) is 0 Å². The summed E-state index contributed by atoms with van der Waals surface area (Å²) >= 11 is 0. The molecule has 1 aliphatic heterocycles. The fourth-order valence-corrected chi connectivity index (χ4v) is 2.29. The number of carbonyl (C=O) groups excluding carboxylic acids is 1. The average Bonchev–Trinajstić information content (AvgIpc) is 2.27. The Kier molecular flexibility index (Phi) is 4.95. The van der Waals surface area contributed by atoms with E-state index in [0.29, 0.717) is 6.42 Å². The summed E-state index contributed by atoms with van der Waals surface area (Å²) in [4.78, 5) is 14.2. The Morgan fingerprint density at radius 1 is 1.47 bits per heavy atom. The normalized spacial score (nSPS) is 23.6. The number of aliphatic hydroxyl groups excluding tert-OH is 1. The third-order valence-corrected chi connectivity index (χ3v) is 3.57. The standard InChI is InChI=1S/C13H26N2O2/c1-13(2,3)11(14)12(17)15-8-5-4-6-10(15)7-9-16/h10-11,16H,4-9,14H2,1-3H3/t10?,11-/m1/s1. The number of likely N-dealkylation sites (tertiary alicyclic amines) is 1. The first-order valence-electron chi connectivity index (χ1n) is 6.55. The second-order valence-corrected chi connectivity index (χ2v) is 6.04. The van der Waals surface area contributed by atoms with Crippen LogP contribution in [0.5, 0.6) is 0 Å². The molecule has 100 valence electrons. The molecule has 3 N–H and O–H groups in total. The largest absolute Gasteiger partial charge is 0.396 e. The molecule has 0 aromatic heterocycles. The Labute approximate surface area is 104 Å². The van der Waals surface area contributed by atoms with Crippen LogP contribution in [0.3, 0.4) is 0 Å². The molecule has 1 unspecified atom stereocenters. The smallest absolute Gasteiger partial charge is 0.240 e. The minimum absolute atomic E-state index is 0.0376. The van der Waals surface area contributed by atoms with Gasteiger partial charge in [0, 0.05) is 19.2 Å². The second-order valence-electron chi connectivity index (χ2n) is 6.04. The molecular formula is C13H26N2O2. The highest BCUT2D eigenvalue weighted by atomic mass is 16.3. The highest BCUT2D eigenvalue weighted by molar-refractivity contribution is 5.82. The third kappa shape index (κ3) is 3.68. The number of hydrogen-bond acceptors (Lipinski definition) is 3. The number of nitrogens with two attached hydrogens (primary N) is 1. The van der Waals surface area contributed by atoms with Crippen LogP contribution in [0.1, 0.15) is 46.5 Å². The molecule has 0 radical (unpaired) electrons. The zero-order valence-electron chi connectivity index (χ0n) is 11.3. The average molecular weight is 242 g/mol. The molecule has 0 aliphatic carbocycles. The molecule has 1 heterocycles. The van der Waals surface area contributed by atoms with Crippen LogP contribution in [-0.4, -0.2) is 41.1 Å². The number of aliphatic hydroxyl groups is 1. The lowest BCUT2D eigenvalue weighted by atomic mass is 9.85. The Hall–Kier alpha value is -0.610. The molecule has 4 nitrogen and oxygen atoms in total. The van der Waals surface area contributed by atoms with E-state index < -0.39 is 6.04 Å². The molecule has 1 saturated heterocycles. The number of rotatable bonds is 3. The highest BCUT2D eigenvalue weighted by Gasteiger charge is 2.34. The molecule has 0 bridgehead atoms. The Bertz CT molecular complexity index is 259. The molecule has 1 aliphatic rings. The molecular weight excluding hydrogens is 216 g/mol. The minimum atomic E-state index is -0.457. The molecule has 2 atom stereocenters. The molecule has 0 aromatic rings. The summed E-state index contributed by atoms with van der Waals surface area (Å²) < 4.78 is 0. The molecule has 1 fully saturated rings. The van der Waals surface area contributed by atoms with Crippen LogP contribution in [0.15, 0.2) is 0 Å². The van der Waals surface area contributed by atoms with Crippen molar-refractivity contribution in [2.75, 3.05) is 13.2 Å². The number of nitrogens with zero attached hydrogens (tertiary/aromatic N) is 1. The molecule has 1 amide bonds. The zero-order chi connectivity index (χ0) is 13.1. The van der Waals surface area contributed by atoms with E-state index in [1.54, 1.807) is 0 Å². The van der Waals surface area contributed by atoms with E-state index in [1.165, 1.54) is 0 Å². The van der Waals surface area contributed by atoms with E-state index in [2.05, 4.69) is 0 Å².